The average molecular weight is 267 g/mol. The number of aliphatic imine (C=N–C) groups is 3. The van der Waals surface area contributed by atoms with E-state index in [2.05, 4.69) is 15.0 Å². The van der Waals surface area contributed by atoms with Crippen LogP contribution in [0.25, 0.3) is 0 Å². The van der Waals surface area contributed by atoms with E-state index in [9.17, 15) is 10.2 Å². The summed E-state index contributed by atoms with van der Waals surface area (Å²) in [5, 5.41) is 36.4. The molecule has 19 heavy (non-hydrogen) atoms. The Kier molecular flexibility index (Phi) is 2.90. The number of rotatable bonds is 2. The fourth-order valence-electron chi connectivity index (χ4n) is 2.28. The van der Waals surface area contributed by atoms with Crippen LogP contribution in [0, 0.1) is 5.41 Å². The second-order valence-corrected chi connectivity index (χ2v) is 4.39. The van der Waals surface area contributed by atoms with E-state index in [0.717, 1.165) is 0 Å². The van der Waals surface area contributed by atoms with Crippen molar-refractivity contribution >= 4 is 23.7 Å². The van der Waals surface area contributed by atoms with Gasteiger partial charge in [-0.3, -0.25) is 10.4 Å². The highest BCUT2D eigenvalue weighted by atomic mass is 16.6. The van der Waals surface area contributed by atoms with Crippen LogP contribution in [-0.2, 0) is 4.74 Å². The van der Waals surface area contributed by atoms with E-state index >= 15 is 0 Å². The number of aliphatic hydroxyl groups is 3. The topological polar surface area (TPSA) is 134 Å². The first-order valence-electron chi connectivity index (χ1n) is 5.76. The predicted molar refractivity (Wildman–Crippen MR) is 65.6 cm³/mol. The molecule has 0 amide bonds. The number of fused-ring (bicyclic) bond motifs is 1. The fraction of sp³-hybridized carbons (Fsp3) is 0.600. The summed E-state index contributed by atoms with van der Waals surface area (Å²) in [6.45, 7) is -0.230. The molecule has 0 aromatic carbocycles. The third kappa shape index (κ3) is 1.78. The zero-order valence-electron chi connectivity index (χ0n) is 9.84. The van der Waals surface area contributed by atoms with Crippen LogP contribution in [0.15, 0.2) is 15.0 Å². The molecule has 3 aliphatic rings. The molecule has 1 fully saturated rings. The quantitative estimate of drug-likeness (QED) is 0.441. The van der Waals surface area contributed by atoms with Crippen molar-refractivity contribution in [2.45, 2.75) is 24.5 Å². The Morgan fingerprint density at radius 3 is 2.89 bits per heavy atom. The first kappa shape index (κ1) is 12.4. The minimum Gasteiger partial charge on any atom is -0.394 e. The lowest BCUT2D eigenvalue weighted by molar-refractivity contribution is -0.0688. The third-order valence-corrected chi connectivity index (χ3v) is 3.28. The van der Waals surface area contributed by atoms with Crippen molar-refractivity contribution in [3.8, 4) is 0 Å². The monoisotopic (exact) mass is 267 g/mol. The minimum absolute atomic E-state index is 0.000701. The van der Waals surface area contributed by atoms with Gasteiger partial charge in [0.25, 0.3) is 0 Å². The Labute approximate surface area is 108 Å². The highest BCUT2D eigenvalue weighted by Gasteiger charge is 2.48. The average Bonchev–Trinajstić information content (AvgIpc) is 2.94. The Bertz CT molecular complexity index is 502. The van der Waals surface area contributed by atoms with Crippen molar-refractivity contribution in [2.24, 2.45) is 15.0 Å². The molecule has 0 unspecified atom stereocenters. The molecular formula is C10H13N5O4. The molecule has 0 spiro atoms. The molecule has 0 aromatic heterocycles. The normalized spacial score (nSPS) is 37.4. The van der Waals surface area contributed by atoms with E-state index in [4.69, 9.17) is 15.3 Å². The van der Waals surface area contributed by atoms with Gasteiger partial charge in [0, 0.05) is 0 Å². The highest BCUT2D eigenvalue weighted by molar-refractivity contribution is 6.69. The molecule has 4 N–H and O–H groups in total. The number of nitrogens with one attached hydrogen (secondary N) is 1. The summed E-state index contributed by atoms with van der Waals surface area (Å²) in [5.74, 6) is 0.383. The van der Waals surface area contributed by atoms with Gasteiger partial charge in [0.15, 0.2) is 17.9 Å². The van der Waals surface area contributed by atoms with E-state index in [1.807, 2.05) is 0 Å². The molecule has 102 valence electrons. The summed E-state index contributed by atoms with van der Waals surface area (Å²) < 4.78 is 5.41. The van der Waals surface area contributed by atoms with Crippen LogP contribution in [0.1, 0.15) is 0 Å². The lowest BCUT2D eigenvalue weighted by Crippen LogP contribution is -2.48. The fourth-order valence-corrected chi connectivity index (χ4v) is 2.28. The maximum absolute atomic E-state index is 9.95. The molecule has 0 aromatic rings. The second kappa shape index (κ2) is 4.46. The van der Waals surface area contributed by atoms with Crippen LogP contribution in [0.4, 0.5) is 0 Å². The lowest BCUT2D eigenvalue weighted by atomic mass is 10.1. The standard InChI is InChI=1S/C10H13N5O4/c11-8-5-9(13-2-12-8)15(3-14-5)10-7(18)6(17)4(1-16)19-10/h2,4,6-7,10-11,16-18H,1,3H2/t4-,6-,7-,10-/m1/s1. The van der Waals surface area contributed by atoms with Crippen molar-refractivity contribution in [3.63, 3.8) is 0 Å². The summed E-state index contributed by atoms with van der Waals surface area (Å²) in [5.41, 5.74) is 0.334. The van der Waals surface area contributed by atoms with E-state index in [0.29, 0.717) is 11.5 Å². The zero-order valence-corrected chi connectivity index (χ0v) is 9.84. The van der Waals surface area contributed by atoms with E-state index in [-0.39, 0.29) is 19.1 Å². The van der Waals surface area contributed by atoms with Crippen LogP contribution in [0.3, 0.4) is 0 Å². The van der Waals surface area contributed by atoms with Gasteiger partial charge >= 0.3 is 0 Å². The van der Waals surface area contributed by atoms with Crippen LogP contribution in [0.5, 0.6) is 0 Å². The van der Waals surface area contributed by atoms with Gasteiger partial charge in [-0.25, -0.2) is 9.98 Å². The van der Waals surface area contributed by atoms with Gasteiger partial charge in [0.2, 0.25) is 0 Å². The molecule has 1 saturated heterocycles. The maximum atomic E-state index is 9.95. The molecular weight excluding hydrogens is 254 g/mol. The van der Waals surface area contributed by atoms with Gasteiger partial charge in [0.05, 0.1) is 6.61 Å². The molecule has 0 bridgehead atoms. The van der Waals surface area contributed by atoms with Crippen molar-refractivity contribution in [1.82, 2.24) is 4.90 Å². The Balaban J connectivity index is 1.84. The number of hydrogen-bond acceptors (Lipinski definition) is 8. The zero-order chi connectivity index (χ0) is 13.6. The van der Waals surface area contributed by atoms with E-state index < -0.39 is 24.5 Å². The predicted octanol–water partition coefficient (Wildman–Crippen LogP) is -2.44. The van der Waals surface area contributed by atoms with Crippen LogP contribution >= 0.6 is 0 Å². The summed E-state index contributed by atoms with van der Waals surface area (Å²) in [6, 6.07) is 0. The molecule has 9 heteroatoms. The van der Waals surface area contributed by atoms with Gasteiger partial charge in [-0.15, -0.1) is 0 Å². The second-order valence-electron chi connectivity index (χ2n) is 4.39. The summed E-state index contributed by atoms with van der Waals surface area (Å²) in [6.07, 6.45) is -2.82. The first-order valence-corrected chi connectivity index (χ1v) is 5.76. The Morgan fingerprint density at radius 2 is 2.21 bits per heavy atom. The number of amidine groups is 2. The number of hydrogen-bond donors (Lipinski definition) is 4. The Morgan fingerprint density at radius 1 is 1.42 bits per heavy atom. The molecule has 3 heterocycles. The third-order valence-electron chi connectivity index (χ3n) is 3.28. The van der Waals surface area contributed by atoms with Crippen LogP contribution < -0.4 is 0 Å². The number of ether oxygens (including phenoxy) is 1. The van der Waals surface area contributed by atoms with Gasteiger partial charge < -0.3 is 25.0 Å². The SMILES string of the molecule is N=C1N=CN=C2C1=NCN2[C@@H]1O[C@H](CO)[C@@H](O)[C@H]1O. The molecule has 3 aliphatic heterocycles. The highest BCUT2D eigenvalue weighted by Crippen LogP contribution is 2.26. The van der Waals surface area contributed by atoms with Crippen LogP contribution in [0.2, 0.25) is 0 Å². The smallest absolute Gasteiger partial charge is 0.175 e. The summed E-state index contributed by atoms with van der Waals surface area (Å²) in [7, 11) is 0. The minimum atomic E-state index is -1.18. The van der Waals surface area contributed by atoms with Crippen molar-refractivity contribution in [1.29, 1.82) is 5.41 Å². The van der Waals surface area contributed by atoms with Crippen LogP contribution in [-0.4, -0.2) is 81.8 Å². The molecule has 0 aliphatic carbocycles. The lowest BCUT2D eigenvalue weighted by Gasteiger charge is -2.27. The van der Waals surface area contributed by atoms with Gasteiger partial charge in [0.1, 0.15) is 37.0 Å². The number of aliphatic hydroxyl groups excluding tert-OH is 3. The number of nitrogens with zero attached hydrogens (tertiary/aromatic N) is 4. The molecule has 0 saturated carbocycles. The van der Waals surface area contributed by atoms with Crippen molar-refractivity contribution in [3.05, 3.63) is 0 Å². The van der Waals surface area contributed by atoms with E-state index in [1.165, 1.54) is 6.34 Å². The van der Waals surface area contributed by atoms with Gasteiger partial charge in [-0.1, -0.05) is 0 Å². The van der Waals surface area contributed by atoms with E-state index in [1.54, 1.807) is 4.90 Å². The van der Waals surface area contributed by atoms with Gasteiger partial charge in [-0.2, -0.15) is 0 Å². The Hall–Kier alpha value is -1.68. The van der Waals surface area contributed by atoms with Crippen molar-refractivity contribution < 1.29 is 20.1 Å². The van der Waals surface area contributed by atoms with Gasteiger partial charge in [-0.05, 0) is 0 Å². The molecule has 9 nitrogen and oxygen atoms in total. The molecule has 4 atom stereocenters. The molecule has 3 rings (SSSR count). The maximum Gasteiger partial charge on any atom is 0.175 e. The summed E-state index contributed by atoms with van der Waals surface area (Å²) in [4.78, 5) is 13.4. The van der Waals surface area contributed by atoms with Crippen molar-refractivity contribution in [2.75, 3.05) is 13.3 Å². The summed E-state index contributed by atoms with van der Waals surface area (Å²) >= 11 is 0. The molecule has 0 radical (unpaired) electrons. The first-order chi connectivity index (χ1) is 9.13. The largest absolute Gasteiger partial charge is 0.394 e.